The van der Waals surface area contributed by atoms with Gasteiger partial charge in [-0.15, -0.1) is 0 Å². The second-order valence-corrected chi connectivity index (χ2v) is 5.80. The van der Waals surface area contributed by atoms with E-state index in [2.05, 4.69) is 41.7 Å². The lowest BCUT2D eigenvalue weighted by Gasteiger charge is -2.14. The summed E-state index contributed by atoms with van der Waals surface area (Å²) in [5.41, 5.74) is 2.35. The third-order valence-electron chi connectivity index (χ3n) is 3.21. The van der Waals surface area contributed by atoms with E-state index in [0.29, 0.717) is 5.92 Å². The Labute approximate surface area is 126 Å². The lowest BCUT2D eigenvalue weighted by Crippen LogP contribution is -2.20. The number of imidazole rings is 1. The van der Waals surface area contributed by atoms with Crippen molar-refractivity contribution in [2.75, 3.05) is 6.54 Å². The predicted octanol–water partition coefficient (Wildman–Crippen LogP) is 3.83. The Morgan fingerprint density at radius 2 is 2.15 bits per heavy atom. The van der Waals surface area contributed by atoms with E-state index in [1.165, 1.54) is 5.56 Å². The molecule has 0 atom stereocenters. The zero-order valence-electron chi connectivity index (χ0n) is 12.4. The average molecular weight is 292 g/mol. The van der Waals surface area contributed by atoms with Gasteiger partial charge in [0, 0.05) is 30.4 Å². The topological polar surface area (TPSA) is 29.9 Å². The van der Waals surface area contributed by atoms with E-state index in [4.69, 9.17) is 11.6 Å². The van der Waals surface area contributed by atoms with Crippen LogP contribution in [0.2, 0.25) is 5.02 Å². The van der Waals surface area contributed by atoms with E-state index >= 15 is 0 Å². The number of rotatable bonds is 6. The standard InChI is InChI=1S/C16H22ClN3/c1-4-16-19-7-8-20(16)15-9-14(17)6-5-13(15)11-18-10-12(2)3/h5-9,12,18H,4,10-11H2,1-3H3. The molecule has 0 aliphatic heterocycles. The maximum Gasteiger partial charge on any atom is 0.112 e. The summed E-state index contributed by atoms with van der Waals surface area (Å²) in [7, 11) is 0. The van der Waals surface area contributed by atoms with Crippen molar-refractivity contribution in [2.24, 2.45) is 5.92 Å². The number of nitrogens with zero attached hydrogens (tertiary/aromatic N) is 2. The molecule has 0 saturated heterocycles. The highest BCUT2D eigenvalue weighted by Crippen LogP contribution is 2.21. The van der Waals surface area contributed by atoms with Crippen LogP contribution in [-0.4, -0.2) is 16.1 Å². The van der Waals surface area contributed by atoms with Crippen molar-refractivity contribution in [3.63, 3.8) is 0 Å². The van der Waals surface area contributed by atoms with Gasteiger partial charge in [0.25, 0.3) is 0 Å². The van der Waals surface area contributed by atoms with Gasteiger partial charge >= 0.3 is 0 Å². The van der Waals surface area contributed by atoms with Crippen LogP contribution in [0, 0.1) is 5.92 Å². The van der Waals surface area contributed by atoms with Crippen LogP contribution in [0.5, 0.6) is 0 Å². The molecule has 1 aromatic heterocycles. The maximum absolute atomic E-state index is 6.16. The zero-order chi connectivity index (χ0) is 14.5. The predicted molar refractivity (Wildman–Crippen MR) is 84.5 cm³/mol. The molecule has 0 fully saturated rings. The van der Waals surface area contributed by atoms with Crippen molar-refractivity contribution >= 4 is 11.6 Å². The van der Waals surface area contributed by atoms with Crippen LogP contribution in [-0.2, 0) is 13.0 Å². The Kier molecular flexibility index (Phi) is 5.21. The van der Waals surface area contributed by atoms with Crippen molar-refractivity contribution < 1.29 is 0 Å². The second-order valence-electron chi connectivity index (χ2n) is 5.36. The van der Waals surface area contributed by atoms with Crippen LogP contribution >= 0.6 is 11.6 Å². The lowest BCUT2D eigenvalue weighted by atomic mass is 10.1. The van der Waals surface area contributed by atoms with Crippen molar-refractivity contribution in [2.45, 2.75) is 33.7 Å². The van der Waals surface area contributed by atoms with Crippen molar-refractivity contribution in [3.05, 3.63) is 47.0 Å². The summed E-state index contributed by atoms with van der Waals surface area (Å²) < 4.78 is 2.12. The highest BCUT2D eigenvalue weighted by atomic mass is 35.5. The number of benzene rings is 1. The van der Waals surface area contributed by atoms with Gasteiger partial charge in [-0.3, -0.25) is 0 Å². The van der Waals surface area contributed by atoms with Gasteiger partial charge in [-0.2, -0.15) is 0 Å². The van der Waals surface area contributed by atoms with Crippen LogP contribution in [0.1, 0.15) is 32.2 Å². The first-order valence-corrected chi connectivity index (χ1v) is 7.51. The van der Waals surface area contributed by atoms with Crippen LogP contribution < -0.4 is 5.32 Å². The Hall–Kier alpha value is -1.32. The number of halogens is 1. The molecular weight excluding hydrogens is 270 g/mol. The summed E-state index contributed by atoms with van der Waals surface area (Å²) in [6.07, 6.45) is 4.74. The monoisotopic (exact) mass is 291 g/mol. The molecule has 0 aliphatic rings. The molecule has 0 unspecified atom stereocenters. The Morgan fingerprint density at radius 1 is 1.35 bits per heavy atom. The van der Waals surface area contributed by atoms with E-state index in [-0.39, 0.29) is 0 Å². The highest BCUT2D eigenvalue weighted by Gasteiger charge is 2.09. The first-order chi connectivity index (χ1) is 9.61. The summed E-state index contributed by atoms with van der Waals surface area (Å²) in [5.74, 6) is 1.70. The molecule has 0 radical (unpaired) electrons. The smallest absolute Gasteiger partial charge is 0.112 e. The molecule has 0 spiro atoms. The Balaban J connectivity index is 2.28. The molecule has 2 rings (SSSR count). The molecule has 1 N–H and O–H groups in total. The minimum absolute atomic E-state index is 0.644. The molecule has 0 saturated carbocycles. The fourth-order valence-corrected chi connectivity index (χ4v) is 2.39. The molecule has 2 aromatic rings. The highest BCUT2D eigenvalue weighted by molar-refractivity contribution is 6.30. The second kappa shape index (κ2) is 6.91. The number of hydrogen-bond donors (Lipinski definition) is 1. The van der Waals surface area contributed by atoms with Crippen LogP contribution in [0.25, 0.3) is 5.69 Å². The molecule has 1 aromatic carbocycles. The van der Waals surface area contributed by atoms with Crippen LogP contribution in [0.15, 0.2) is 30.6 Å². The largest absolute Gasteiger partial charge is 0.312 e. The molecule has 0 bridgehead atoms. The molecular formula is C16H22ClN3. The van der Waals surface area contributed by atoms with Crippen LogP contribution in [0.4, 0.5) is 0 Å². The Morgan fingerprint density at radius 3 is 2.85 bits per heavy atom. The lowest BCUT2D eigenvalue weighted by molar-refractivity contribution is 0.551. The third kappa shape index (κ3) is 3.62. The third-order valence-corrected chi connectivity index (χ3v) is 3.44. The van der Waals surface area contributed by atoms with Gasteiger partial charge in [-0.1, -0.05) is 38.4 Å². The van der Waals surface area contributed by atoms with E-state index in [0.717, 1.165) is 36.0 Å². The first kappa shape index (κ1) is 15.1. The summed E-state index contributed by atoms with van der Waals surface area (Å²) in [5, 5.41) is 4.24. The average Bonchev–Trinajstić information content (AvgIpc) is 2.88. The number of aryl methyl sites for hydroxylation is 1. The minimum Gasteiger partial charge on any atom is -0.312 e. The fraction of sp³-hybridized carbons (Fsp3) is 0.438. The quantitative estimate of drug-likeness (QED) is 0.876. The fourth-order valence-electron chi connectivity index (χ4n) is 2.22. The molecule has 1 heterocycles. The molecule has 108 valence electrons. The van der Waals surface area contributed by atoms with Gasteiger partial charge in [0.1, 0.15) is 5.82 Å². The van der Waals surface area contributed by atoms with E-state index in [9.17, 15) is 0 Å². The summed E-state index contributed by atoms with van der Waals surface area (Å²) in [4.78, 5) is 4.39. The number of nitrogens with one attached hydrogen (secondary N) is 1. The SMILES string of the molecule is CCc1nccn1-c1cc(Cl)ccc1CNCC(C)C. The molecule has 0 amide bonds. The normalized spacial score (nSPS) is 11.2. The maximum atomic E-state index is 6.16. The number of hydrogen-bond acceptors (Lipinski definition) is 2. The van der Waals surface area contributed by atoms with Crippen molar-refractivity contribution in [1.29, 1.82) is 0 Å². The molecule has 20 heavy (non-hydrogen) atoms. The molecule has 4 heteroatoms. The van der Waals surface area contributed by atoms with Gasteiger partial charge in [0.2, 0.25) is 0 Å². The van der Waals surface area contributed by atoms with Gasteiger partial charge in [-0.05, 0) is 30.2 Å². The molecule has 0 aliphatic carbocycles. The summed E-state index contributed by atoms with van der Waals surface area (Å²) >= 11 is 6.16. The van der Waals surface area contributed by atoms with Gasteiger partial charge in [0.15, 0.2) is 0 Å². The van der Waals surface area contributed by atoms with Gasteiger partial charge in [0.05, 0.1) is 5.69 Å². The zero-order valence-corrected chi connectivity index (χ0v) is 13.1. The Bertz CT molecular complexity index is 561. The number of aromatic nitrogens is 2. The van der Waals surface area contributed by atoms with E-state index in [1.807, 2.05) is 24.5 Å². The van der Waals surface area contributed by atoms with Crippen molar-refractivity contribution in [3.8, 4) is 5.69 Å². The van der Waals surface area contributed by atoms with E-state index in [1.54, 1.807) is 0 Å². The minimum atomic E-state index is 0.644. The van der Waals surface area contributed by atoms with Gasteiger partial charge in [-0.25, -0.2) is 4.98 Å². The van der Waals surface area contributed by atoms with Crippen molar-refractivity contribution in [1.82, 2.24) is 14.9 Å². The van der Waals surface area contributed by atoms with Gasteiger partial charge < -0.3 is 9.88 Å². The summed E-state index contributed by atoms with van der Waals surface area (Å²) in [6, 6.07) is 6.04. The van der Waals surface area contributed by atoms with E-state index < -0.39 is 0 Å². The summed E-state index contributed by atoms with van der Waals surface area (Å²) in [6.45, 7) is 8.38. The van der Waals surface area contributed by atoms with Crippen LogP contribution in [0.3, 0.4) is 0 Å². The first-order valence-electron chi connectivity index (χ1n) is 7.13. The molecule has 3 nitrogen and oxygen atoms in total.